The van der Waals surface area contributed by atoms with E-state index in [1.54, 1.807) is 43.3 Å². The number of carbonyl (C=O) groups is 2. The fourth-order valence-corrected chi connectivity index (χ4v) is 4.26. The monoisotopic (exact) mass is 544 g/mol. The number of aryl methyl sites for hydroxylation is 1. The third-order valence-corrected chi connectivity index (χ3v) is 6.26. The van der Waals surface area contributed by atoms with Crippen molar-refractivity contribution in [2.45, 2.75) is 13.5 Å². The van der Waals surface area contributed by atoms with Gasteiger partial charge in [0.1, 0.15) is 23.7 Å². The number of fused-ring (bicyclic) bond motifs is 1. The van der Waals surface area contributed by atoms with Gasteiger partial charge in [-0.3, -0.25) is 0 Å². The molecule has 3 N–H and O–H groups in total. The van der Waals surface area contributed by atoms with E-state index >= 15 is 8.78 Å². The smallest absolute Gasteiger partial charge is 0.336 e. The lowest BCUT2D eigenvalue weighted by molar-refractivity contribution is -0.142. The summed E-state index contributed by atoms with van der Waals surface area (Å²) < 4.78 is 41.3. The van der Waals surface area contributed by atoms with Gasteiger partial charge in [0.15, 0.2) is 5.82 Å². The van der Waals surface area contributed by atoms with Crippen LogP contribution in [0.4, 0.5) is 8.78 Å². The van der Waals surface area contributed by atoms with E-state index in [1.165, 1.54) is 6.07 Å². The van der Waals surface area contributed by atoms with E-state index < -0.39 is 23.6 Å². The molecule has 0 bridgehead atoms. The van der Waals surface area contributed by atoms with Gasteiger partial charge in [0.2, 0.25) is 0 Å². The molecule has 1 heterocycles. The summed E-state index contributed by atoms with van der Waals surface area (Å²) in [7, 11) is 0. The topological polar surface area (TPSA) is 122 Å². The lowest BCUT2D eigenvalue weighted by Gasteiger charge is -2.08. The van der Waals surface area contributed by atoms with Gasteiger partial charge < -0.3 is 24.7 Å². The lowest BCUT2D eigenvalue weighted by Crippen LogP contribution is -2.06. The van der Waals surface area contributed by atoms with Crippen molar-refractivity contribution in [1.29, 1.82) is 0 Å². The molecule has 202 valence electrons. The van der Waals surface area contributed by atoms with Crippen LogP contribution in [0.1, 0.15) is 21.5 Å². The number of H-pyrrole nitrogens is 1. The number of nitrogens with zero attached hydrogens (tertiary/aromatic N) is 1. The number of rotatable bonds is 9. The Balaban J connectivity index is 1.38. The maximum Gasteiger partial charge on any atom is 0.336 e. The molecule has 0 aliphatic rings. The average Bonchev–Trinajstić information content (AvgIpc) is 3.32. The van der Waals surface area contributed by atoms with Gasteiger partial charge in [-0.1, -0.05) is 54.6 Å². The van der Waals surface area contributed by atoms with Gasteiger partial charge in [0, 0.05) is 6.07 Å². The quantitative estimate of drug-likeness (QED) is 0.192. The minimum atomic E-state index is -1.11. The van der Waals surface area contributed by atoms with E-state index in [0.29, 0.717) is 11.1 Å². The average molecular weight is 545 g/mol. The number of carboxylic acids is 2. The van der Waals surface area contributed by atoms with Gasteiger partial charge in [-0.2, -0.15) is 4.98 Å². The Kier molecular flexibility index (Phi) is 7.26. The van der Waals surface area contributed by atoms with Crippen LogP contribution in [0.3, 0.4) is 0 Å². The first-order valence-electron chi connectivity index (χ1n) is 12.1. The second-order valence-corrected chi connectivity index (χ2v) is 9.03. The first-order valence-corrected chi connectivity index (χ1v) is 12.1. The predicted octanol–water partition coefficient (Wildman–Crippen LogP) is 6.58. The predicted molar refractivity (Wildman–Crippen MR) is 142 cm³/mol. The van der Waals surface area contributed by atoms with Crippen molar-refractivity contribution in [2.24, 2.45) is 0 Å². The highest BCUT2D eigenvalue weighted by atomic mass is 19.1. The summed E-state index contributed by atoms with van der Waals surface area (Å²) in [6.45, 7) is 1.44. The molecule has 40 heavy (non-hydrogen) atoms. The molecule has 0 saturated carbocycles. The SMILES string of the molecule is Cc1ccc(Oc2nc3c(F)c(-c4ccc(-c5ccc(COCC(=O)O)cc5)cc4)c(F)cc3[nH]2)cc1C(=O)O. The van der Waals surface area contributed by atoms with Crippen LogP contribution in [0, 0.1) is 18.6 Å². The zero-order chi connectivity index (χ0) is 28.4. The molecular formula is C30H22F2N2O6. The molecule has 0 amide bonds. The fraction of sp³-hybridized carbons (Fsp3) is 0.100. The maximum atomic E-state index is 15.5. The Morgan fingerprint density at radius 3 is 2.20 bits per heavy atom. The summed E-state index contributed by atoms with van der Waals surface area (Å²) in [5, 5.41) is 18.0. The van der Waals surface area contributed by atoms with Crippen LogP contribution >= 0.6 is 0 Å². The van der Waals surface area contributed by atoms with E-state index in [9.17, 15) is 14.7 Å². The largest absolute Gasteiger partial charge is 0.480 e. The molecule has 0 saturated heterocycles. The molecule has 5 aromatic rings. The normalized spacial score (nSPS) is 11.1. The summed E-state index contributed by atoms with van der Waals surface area (Å²) in [5.74, 6) is -3.63. The molecule has 0 aliphatic heterocycles. The number of imidazole rings is 1. The van der Waals surface area contributed by atoms with E-state index in [2.05, 4.69) is 9.97 Å². The van der Waals surface area contributed by atoms with Crippen molar-refractivity contribution in [3.63, 3.8) is 0 Å². The van der Waals surface area contributed by atoms with Crippen molar-refractivity contribution in [2.75, 3.05) is 6.61 Å². The molecule has 0 spiro atoms. The number of halogens is 2. The molecule has 10 heteroatoms. The van der Waals surface area contributed by atoms with Crippen LogP contribution < -0.4 is 4.74 Å². The third-order valence-electron chi connectivity index (χ3n) is 6.26. The van der Waals surface area contributed by atoms with Gasteiger partial charge in [-0.15, -0.1) is 0 Å². The molecule has 0 radical (unpaired) electrons. The van der Waals surface area contributed by atoms with Crippen molar-refractivity contribution in [1.82, 2.24) is 9.97 Å². The third kappa shape index (κ3) is 5.52. The van der Waals surface area contributed by atoms with Gasteiger partial charge in [-0.25, -0.2) is 18.4 Å². The molecule has 4 aromatic carbocycles. The fourth-order valence-electron chi connectivity index (χ4n) is 4.26. The van der Waals surface area contributed by atoms with Crippen LogP contribution in [0.25, 0.3) is 33.3 Å². The zero-order valence-corrected chi connectivity index (χ0v) is 21.1. The number of benzene rings is 4. The zero-order valence-electron chi connectivity index (χ0n) is 21.1. The highest BCUT2D eigenvalue weighted by molar-refractivity contribution is 5.90. The standard InChI is InChI=1S/C30H22F2N2O6/c1-16-2-11-21(12-22(16)29(37)38)40-30-33-24-13-23(31)26(27(32)28(24)34-30)20-9-7-19(8-10-20)18-5-3-17(4-6-18)14-39-15-25(35)36/h2-13H,14-15H2,1H3,(H,33,34)(H,35,36)(H,37,38). The number of ether oxygens (including phenoxy) is 2. The van der Waals surface area contributed by atoms with Crippen LogP contribution in [-0.2, 0) is 16.1 Å². The maximum absolute atomic E-state index is 15.5. The number of hydrogen-bond acceptors (Lipinski definition) is 5. The van der Waals surface area contributed by atoms with Gasteiger partial charge in [-0.05, 0) is 46.9 Å². The summed E-state index contributed by atoms with van der Waals surface area (Å²) in [6, 6.07) is 19.5. The van der Waals surface area contributed by atoms with E-state index in [-0.39, 0.29) is 47.1 Å². The first kappa shape index (κ1) is 26.5. The Morgan fingerprint density at radius 1 is 0.900 bits per heavy atom. The van der Waals surface area contributed by atoms with Crippen molar-refractivity contribution in [3.05, 3.63) is 101 Å². The lowest BCUT2D eigenvalue weighted by atomic mass is 9.98. The van der Waals surface area contributed by atoms with E-state index in [0.717, 1.165) is 22.8 Å². The van der Waals surface area contributed by atoms with Crippen LogP contribution in [0.15, 0.2) is 72.8 Å². The first-order chi connectivity index (χ1) is 19.2. The second kappa shape index (κ2) is 11.0. The Labute approximate surface area is 226 Å². The summed E-state index contributed by atoms with van der Waals surface area (Å²) in [6.07, 6.45) is 0. The van der Waals surface area contributed by atoms with E-state index in [1.807, 2.05) is 24.3 Å². The molecular weight excluding hydrogens is 522 g/mol. The highest BCUT2D eigenvalue weighted by Gasteiger charge is 2.20. The Bertz CT molecular complexity index is 1730. The van der Waals surface area contributed by atoms with Crippen molar-refractivity contribution >= 4 is 23.0 Å². The van der Waals surface area contributed by atoms with Gasteiger partial charge in [0.05, 0.1) is 23.3 Å². The number of aromatic amines is 1. The van der Waals surface area contributed by atoms with E-state index in [4.69, 9.17) is 14.6 Å². The molecule has 1 aromatic heterocycles. The number of nitrogens with one attached hydrogen (secondary N) is 1. The minimum absolute atomic E-state index is 0.0530. The number of carboxylic acid groups (broad SMARTS) is 2. The second-order valence-electron chi connectivity index (χ2n) is 9.03. The van der Waals surface area contributed by atoms with Crippen LogP contribution in [0.2, 0.25) is 0 Å². The number of hydrogen-bond donors (Lipinski definition) is 3. The highest BCUT2D eigenvalue weighted by Crippen LogP contribution is 2.34. The van der Waals surface area contributed by atoms with Gasteiger partial charge in [0.25, 0.3) is 6.01 Å². The van der Waals surface area contributed by atoms with Gasteiger partial charge >= 0.3 is 11.9 Å². The number of aromatic carboxylic acids is 1. The molecule has 0 fully saturated rings. The summed E-state index contributed by atoms with van der Waals surface area (Å²) >= 11 is 0. The van der Waals surface area contributed by atoms with Crippen molar-refractivity contribution < 1.29 is 38.1 Å². The molecule has 0 atom stereocenters. The Hall–Kier alpha value is -5.09. The summed E-state index contributed by atoms with van der Waals surface area (Å²) in [5.41, 5.74) is 3.13. The molecule has 5 rings (SSSR count). The number of aliphatic carboxylic acids is 1. The minimum Gasteiger partial charge on any atom is -0.480 e. The van der Waals surface area contributed by atoms with Crippen LogP contribution in [0.5, 0.6) is 11.8 Å². The molecule has 8 nitrogen and oxygen atoms in total. The van der Waals surface area contributed by atoms with Crippen LogP contribution in [-0.4, -0.2) is 38.7 Å². The molecule has 0 unspecified atom stereocenters. The number of aromatic nitrogens is 2. The summed E-state index contributed by atoms with van der Waals surface area (Å²) in [4.78, 5) is 28.8. The Morgan fingerprint density at radius 2 is 1.55 bits per heavy atom. The van der Waals surface area contributed by atoms with Crippen molar-refractivity contribution in [3.8, 4) is 34.0 Å². The molecule has 0 aliphatic carbocycles.